The van der Waals surface area contributed by atoms with Gasteiger partial charge in [-0.05, 0) is 24.6 Å². The molecule has 0 aliphatic rings. The van der Waals surface area contributed by atoms with E-state index in [9.17, 15) is 0 Å². The van der Waals surface area contributed by atoms with Gasteiger partial charge in [0.2, 0.25) is 0 Å². The van der Waals surface area contributed by atoms with Crippen LogP contribution in [0.25, 0.3) is 16.6 Å². The number of aryl methyl sites for hydroxylation is 1. The minimum absolute atomic E-state index is 0.356. The van der Waals surface area contributed by atoms with Crippen LogP contribution in [0.1, 0.15) is 11.3 Å². The highest BCUT2D eigenvalue weighted by Gasteiger charge is 2.12. The topological polar surface area (TPSA) is 41.6 Å². The Balaban J connectivity index is 2.32. The van der Waals surface area contributed by atoms with Gasteiger partial charge in [-0.3, -0.25) is 0 Å². The average molecular weight is 247 g/mol. The van der Waals surface area contributed by atoms with E-state index < -0.39 is 0 Å². The van der Waals surface area contributed by atoms with Crippen LogP contribution in [0.3, 0.4) is 0 Å². The number of hydrogen-bond acceptors (Lipinski definition) is 2. The third-order valence-electron chi connectivity index (χ3n) is 3.27. The Morgan fingerprint density at radius 2 is 1.84 bits per heavy atom. The van der Waals surface area contributed by atoms with Crippen molar-refractivity contribution in [1.82, 2.24) is 9.78 Å². The van der Waals surface area contributed by atoms with E-state index in [0.29, 0.717) is 6.42 Å². The fraction of sp³-hybridized carbons (Fsp3) is 0.125. The summed E-state index contributed by atoms with van der Waals surface area (Å²) in [5, 5.41) is 14.7. The van der Waals surface area contributed by atoms with E-state index in [4.69, 9.17) is 5.26 Å². The number of hydrogen-bond donors (Lipinski definition) is 0. The smallest absolute Gasteiger partial charge is 0.0931 e. The molecule has 92 valence electrons. The molecule has 3 rings (SSSR count). The number of benzene rings is 2. The van der Waals surface area contributed by atoms with E-state index in [2.05, 4.69) is 24.2 Å². The van der Waals surface area contributed by atoms with Crippen LogP contribution in [0.2, 0.25) is 0 Å². The largest absolute Gasteiger partial charge is 0.235 e. The van der Waals surface area contributed by atoms with Gasteiger partial charge in [0.25, 0.3) is 0 Å². The van der Waals surface area contributed by atoms with Gasteiger partial charge in [-0.25, -0.2) is 4.68 Å². The summed E-state index contributed by atoms with van der Waals surface area (Å²) >= 11 is 0. The van der Waals surface area contributed by atoms with Crippen molar-refractivity contribution in [2.75, 3.05) is 0 Å². The summed E-state index contributed by atoms with van der Waals surface area (Å²) in [7, 11) is 0. The first-order valence-corrected chi connectivity index (χ1v) is 6.21. The Bertz CT molecular complexity index is 778. The van der Waals surface area contributed by atoms with Gasteiger partial charge in [-0.1, -0.05) is 36.4 Å². The minimum atomic E-state index is 0.356. The summed E-state index contributed by atoms with van der Waals surface area (Å²) in [6.07, 6.45) is 0.356. The molecule has 0 N–H and O–H groups in total. The second-order valence-corrected chi connectivity index (χ2v) is 4.50. The Kier molecular flexibility index (Phi) is 2.77. The number of nitrogens with zero attached hydrogens (tertiary/aromatic N) is 3. The van der Waals surface area contributed by atoms with Crippen molar-refractivity contribution >= 4 is 10.9 Å². The normalized spacial score (nSPS) is 10.5. The number of nitriles is 1. The minimum Gasteiger partial charge on any atom is -0.235 e. The average Bonchev–Trinajstić information content (AvgIpc) is 2.79. The predicted molar refractivity (Wildman–Crippen MR) is 75.1 cm³/mol. The number of fused-ring (bicyclic) bond motifs is 1. The zero-order chi connectivity index (χ0) is 13.2. The summed E-state index contributed by atoms with van der Waals surface area (Å²) in [5.41, 5.74) is 4.06. The summed E-state index contributed by atoms with van der Waals surface area (Å²) in [4.78, 5) is 0. The molecule has 1 aromatic heterocycles. The lowest BCUT2D eigenvalue weighted by molar-refractivity contribution is 0.837. The first-order valence-electron chi connectivity index (χ1n) is 6.21. The van der Waals surface area contributed by atoms with Gasteiger partial charge in [0.1, 0.15) is 0 Å². The zero-order valence-electron chi connectivity index (χ0n) is 10.7. The second kappa shape index (κ2) is 4.58. The van der Waals surface area contributed by atoms with Crippen LogP contribution in [0, 0.1) is 18.3 Å². The Morgan fingerprint density at radius 3 is 2.63 bits per heavy atom. The molecular formula is C16H13N3. The molecule has 0 radical (unpaired) electrons. The molecule has 3 nitrogen and oxygen atoms in total. The maximum atomic E-state index is 9.05. The van der Waals surface area contributed by atoms with Crippen molar-refractivity contribution in [2.45, 2.75) is 13.3 Å². The van der Waals surface area contributed by atoms with Crippen molar-refractivity contribution in [1.29, 1.82) is 5.26 Å². The molecule has 3 heteroatoms. The van der Waals surface area contributed by atoms with Crippen LogP contribution in [0.15, 0.2) is 48.5 Å². The predicted octanol–water partition coefficient (Wildman–Crippen LogP) is 3.40. The van der Waals surface area contributed by atoms with Crippen molar-refractivity contribution in [2.24, 2.45) is 0 Å². The first-order chi connectivity index (χ1) is 9.31. The van der Waals surface area contributed by atoms with Gasteiger partial charge >= 0.3 is 0 Å². The van der Waals surface area contributed by atoms with Crippen molar-refractivity contribution in [3.8, 4) is 11.8 Å². The van der Waals surface area contributed by atoms with Crippen LogP contribution in [0.4, 0.5) is 0 Å². The molecule has 3 aromatic rings. The van der Waals surface area contributed by atoms with Gasteiger partial charge in [0.05, 0.1) is 29.4 Å². The first kappa shape index (κ1) is 11.5. The van der Waals surface area contributed by atoms with E-state index in [1.54, 1.807) is 0 Å². The lowest BCUT2D eigenvalue weighted by atomic mass is 10.1. The SMILES string of the molecule is Cc1ccccc1-n1nc2ccccc2c1CC#N. The van der Waals surface area contributed by atoms with Gasteiger partial charge in [-0.2, -0.15) is 10.4 Å². The van der Waals surface area contributed by atoms with E-state index >= 15 is 0 Å². The van der Waals surface area contributed by atoms with Gasteiger partial charge in [0.15, 0.2) is 0 Å². The van der Waals surface area contributed by atoms with Crippen molar-refractivity contribution in [3.63, 3.8) is 0 Å². The van der Waals surface area contributed by atoms with Crippen LogP contribution in [-0.4, -0.2) is 9.78 Å². The lowest BCUT2D eigenvalue weighted by Crippen LogP contribution is -2.03. The highest BCUT2D eigenvalue weighted by atomic mass is 15.3. The molecule has 0 atom stereocenters. The number of para-hydroxylation sites is 1. The molecule has 2 aromatic carbocycles. The van der Waals surface area contributed by atoms with E-state index in [1.807, 2.05) is 47.1 Å². The molecule has 0 unspecified atom stereocenters. The fourth-order valence-electron chi connectivity index (χ4n) is 2.33. The molecule has 1 heterocycles. The Labute approximate surface area is 111 Å². The summed E-state index contributed by atoms with van der Waals surface area (Å²) in [6.45, 7) is 2.05. The van der Waals surface area contributed by atoms with E-state index in [0.717, 1.165) is 27.8 Å². The molecule has 0 aliphatic heterocycles. The molecular weight excluding hydrogens is 234 g/mol. The third kappa shape index (κ3) is 1.88. The van der Waals surface area contributed by atoms with Crippen LogP contribution in [0.5, 0.6) is 0 Å². The van der Waals surface area contributed by atoms with Gasteiger partial charge in [0, 0.05) is 5.39 Å². The van der Waals surface area contributed by atoms with E-state index in [-0.39, 0.29) is 0 Å². The van der Waals surface area contributed by atoms with Gasteiger partial charge in [-0.15, -0.1) is 0 Å². The maximum absolute atomic E-state index is 9.05. The second-order valence-electron chi connectivity index (χ2n) is 4.50. The Morgan fingerprint density at radius 1 is 1.11 bits per heavy atom. The zero-order valence-corrected chi connectivity index (χ0v) is 10.7. The standard InChI is InChI=1S/C16H13N3/c1-12-6-2-5-9-15(12)19-16(10-11-17)13-7-3-4-8-14(13)18-19/h2-9H,10H2,1H3. The maximum Gasteiger partial charge on any atom is 0.0931 e. The Hall–Kier alpha value is -2.60. The molecule has 0 aliphatic carbocycles. The quantitative estimate of drug-likeness (QED) is 0.696. The molecule has 0 bridgehead atoms. The fourth-order valence-corrected chi connectivity index (χ4v) is 2.33. The molecule has 19 heavy (non-hydrogen) atoms. The third-order valence-corrected chi connectivity index (χ3v) is 3.27. The highest BCUT2D eigenvalue weighted by Crippen LogP contribution is 2.23. The molecule has 0 spiro atoms. The van der Waals surface area contributed by atoms with Gasteiger partial charge < -0.3 is 0 Å². The molecule has 0 saturated carbocycles. The van der Waals surface area contributed by atoms with Crippen molar-refractivity contribution < 1.29 is 0 Å². The summed E-state index contributed by atoms with van der Waals surface area (Å²) < 4.78 is 1.89. The monoisotopic (exact) mass is 247 g/mol. The lowest BCUT2D eigenvalue weighted by Gasteiger charge is -2.08. The molecule has 0 amide bonds. The van der Waals surface area contributed by atoms with Crippen LogP contribution >= 0.6 is 0 Å². The molecule has 0 saturated heterocycles. The number of aromatic nitrogens is 2. The van der Waals surface area contributed by atoms with E-state index in [1.165, 1.54) is 0 Å². The van der Waals surface area contributed by atoms with Crippen LogP contribution in [-0.2, 0) is 6.42 Å². The van der Waals surface area contributed by atoms with Crippen LogP contribution < -0.4 is 0 Å². The number of rotatable bonds is 2. The highest BCUT2D eigenvalue weighted by molar-refractivity contribution is 5.82. The van der Waals surface area contributed by atoms with Crippen molar-refractivity contribution in [3.05, 3.63) is 59.8 Å². The summed E-state index contributed by atoms with van der Waals surface area (Å²) in [6, 6.07) is 18.3. The molecule has 0 fully saturated rings. The summed E-state index contributed by atoms with van der Waals surface area (Å²) in [5.74, 6) is 0.